The van der Waals surface area contributed by atoms with Crippen molar-refractivity contribution in [1.29, 1.82) is 0 Å². The van der Waals surface area contributed by atoms with Crippen LogP contribution in [-0.2, 0) is 20.8 Å². The highest BCUT2D eigenvalue weighted by molar-refractivity contribution is 6.03. The number of carboxylic acids is 1. The van der Waals surface area contributed by atoms with Crippen molar-refractivity contribution in [2.45, 2.75) is 25.3 Å². The molecule has 1 unspecified atom stereocenters. The molecular weight excluding hydrogens is 248 g/mol. The molecule has 1 aliphatic rings. The number of nitrogens with two attached hydrogens (primary N) is 1. The van der Waals surface area contributed by atoms with Gasteiger partial charge >= 0.3 is 5.97 Å². The summed E-state index contributed by atoms with van der Waals surface area (Å²) in [5.41, 5.74) is 6.48. The minimum Gasteiger partial charge on any atom is -0.481 e. The first-order valence-corrected chi connectivity index (χ1v) is 5.91. The molecule has 1 aliphatic heterocycles. The Bertz CT molecular complexity index is 524. The molecule has 6 heteroatoms. The Morgan fingerprint density at radius 3 is 2.47 bits per heavy atom. The fraction of sp³-hybridized carbons (Fsp3) is 0.308. The second-order valence-corrected chi connectivity index (χ2v) is 4.46. The molecule has 1 fully saturated rings. The summed E-state index contributed by atoms with van der Waals surface area (Å²) in [6.07, 6.45) is 0.642. The molecule has 0 aliphatic carbocycles. The summed E-state index contributed by atoms with van der Waals surface area (Å²) in [6, 6.07) is 5.92. The minimum atomic E-state index is -0.917. The molecule has 1 saturated heterocycles. The van der Waals surface area contributed by atoms with Crippen LogP contribution < -0.4 is 10.6 Å². The Labute approximate surface area is 109 Å². The van der Waals surface area contributed by atoms with E-state index in [9.17, 15) is 14.4 Å². The lowest BCUT2D eigenvalue weighted by molar-refractivity contribution is -0.136. The van der Waals surface area contributed by atoms with Crippen molar-refractivity contribution in [2.24, 2.45) is 5.73 Å². The maximum absolute atomic E-state index is 11.8. The Morgan fingerprint density at radius 2 is 1.95 bits per heavy atom. The summed E-state index contributed by atoms with van der Waals surface area (Å²) in [6.45, 7) is 0. The fourth-order valence-corrected chi connectivity index (χ4v) is 2.23. The van der Waals surface area contributed by atoms with Crippen molar-refractivity contribution in [1.82, 2.24) is 0 Å². The standard InChI is InChI=1S/C13H14N2O4/c14-13(19)10-5-6-11(16)15(10)9-3-1-8(2-4-9)7-12(17)18/h1-4,10H,5-7H2,(H2,14,19)(H,17,18). The average molecular weight is 262 g/mol. The molecule has 1 heterocycles. The maximum atomic E-state index is 11.8. The van der Waals surface area contributed by atoms with Gasteiger partial charge in [-0.25, -0.2) is 0 Å². The van der Waals surface area contributed by atoms with E-state index in [1.165, 1.54) is 4.90 Å². The van der Waals surface area contributed by atoms with Crippen LogP contribution in [0.2, 0.25) is 0 Å². The quantitative estimate of drug-likeness (QED) is 0.814. The number of hydrogen-bond acceptors (Lipinski definition) is 3. The summed E-state index contributed by atoms with van der Waals surface area (Å²) in [5, 5.41) is 8.68. The molecule has 100 valence electrons. The van der Waals surface area contributed by atoms with Gasteiger partial charge in [-0.2, -0.15) is 0 Å². The normalized spacial score (nSPS) is 18.6. The third-order valence-corrected chi connectivity index (χ3v) is 3.11. The van der Waals surface area contributed by atoms with Crippen LogP contribution in [0.4, 0.5) is 5.69 Å². The number of amides is 2. The van der Waals surface area contributed by atoms with E-state index in [1.807, 2.05) is 0 Å². The van der Waals surface area contributed by atoms with Crippen LogP contribution in [0.5, 0.6) is 0 Å². The van der Waals surface area contributed by atoms with Gasteiger partial charge in [-0.15, -0.1) is 0 Å². The number of carbonyl (C=O) groups excluding carboxylic acids is 2. The van der Waals surface area contributed by atoms with E-state index in [2.05, 4.69) is 0 Å². The highest BCUT2D eigenvalue weighted by atomic mass is 16.4. The summed E-state index contributed by atoms with van der Waals surface area (Å²) < 4.78 is 0. The molecule has 6 nitrogen and oxygen atoms in total. The smallest absolute Gasteiger partial charge is 0.307 e. The summed E-state index contributed by atoms with van der Waals surface area (Å²) in [4.78, 5) is 35.0. The van der Waals surface area contributed by atoms with E-state index in [1.54, 1.807) is 24.3 Å². The Morgan fingerprint density at radius 1 is 1.32 bits per heavy atom. The number of aliphatic carboxylic acids is 1. The Kier molecular flexibility index (Phi) is 3.50. The molecule has 1 atom stereocenters. The highest BCUT2D eigenvalue weighted by Crippen LogP contribution is 2.26. The molecule has 0 bridgehead atoms. The lowest BCUT2D eigenvalue weighted by Gasteiger charge is -2.22. The maximum Gasteiger partial charge on any atom is 0.307 e. The van der Waals surface area contributed by atoms with Crippen LogP contribution in [0.15, 0.2) is 24.3 Å². The van der Waals surface area contributed by atoms with Gasteiger partial charge in [-0.1, -0.05) is 12.1 Å². The zero-order chi connectivity index (χ0) is 14.0. The number of primary amides is 1. The van der Waals surface area contributed by atoms with Gasteiger partial charge in [-0.3, -0.25) is 19.3 Å². The molecule has 0 spiro atoms. The molecule has 2 rings (SSSR count). The number of anilines is 1. The lowest BCUT2D eigenvalue weighted by Crippen LogP contribution is -2.42. The first kappa shape index (κ1) is 13.1. The molecule has 1 aromatic carbocycles. The molecule has 0 saturated carbocycles. The number of carbonyl (C=O) groups is 3. The van der Waals surface area contributed by atoms with Crippen LogP contribution >= 0.6 is 0 Å². The van der Waals surface area contributed by atoms with E-state index in [0.717, 1.165) is 0 Å². The van der Waals surface area contributed by atoms with Crippen molar-refractivity contribution >= 4 is 23.5 Å². The SMILES string of the molecule is NC(=O)C1CCC(=O)N1c1ccc(CC(=O)O)cc1. The molecule has 1 aromatic rings. The summed E-state index contributed by atoms with van der Waals surface area (Å²) in [5.74, 6) is -1.59. The molecule has 19 heavy (non-hydrogen) atoms. The minimum absolute atomic E-state index is 0.0759. The first-order valence-electron chi connectivity index (χ1n) is 5.91. The van der Waals surface area contributed by atoms with Gasteiger partial charge in [0.15, 0.2) is 0 Å². The van der Waals surface area contributed by atoms with Gasteiger partial charge in [0.2, 0.25) is 11.8 Å². The van der Waals surface area contributed by atoms with Crippen molar-refractivity contribution in [3.05, 3.63) is 29.8 Å². The van der Waals surface area contributed by atoms with Gasteiger partial charge in [0, 0.05) is 12.1 Å². The van der Waals surface area contributed by atoms with Gasteiger partial charge in [0.1, 0.15) is 6.04 Å². The zero-order valence-corrected chi connectivity index (χ0v) is 10.2. The zero-order valence-electron chi connectivity index (χ0n) is 10.2. The van der Waals surface area contributed by atoms with Gasteiger partial charge in [0.25, 0.3) is 0 Å². The van der Waals surface area contributed by atoms with Gasteiger partial charge in [-0.05, 0) is 24.1 Å². The predicted octanol–water partition coefficient (Wildman–Crippen LogP) is 0.294. The van der Waals surface area contributed by atoms with Crippen LogP contribution in [0.3, 0.4) is 0 Å². The van der Waals surface area contributed by atoms with Gasteiger partial charge < -0.3 is 10.8 Å². The number of benzene rings is 1. The molecular formula is C13H14N2O4. The van der Waals surface area contributed by atoms with Crippen molar-refractivity contribution < 1.29 is 19.5 Å². The van der Waals surface area contributed by atoms with E-state index >= 15 is 0 Å². The van der Waals surface area contributed by atoms with Crippen molar-refractivity contribution in [3.8, 4) is 0 Å². The highest BCUT2D eigenvalue weighted by Gasteiger charge is 2.35. The molecule has 3 N–H and O–H groups in total. The topological polar surface area (TPSA) is 101 Å². The second kappa shape index (κ2) is 5.09. The predicted molar refractivity (Wildman–Crippen MR) is 67.5 cm³/mol. The number of nitrogens with zero attached hydrogens (tertiary/aromatic N) is 1. The van der Waals surface area contributed by atoms with Crippen molar-refractivity contribution in [2.75, 3.05) is 4.90 Å². The second-order valence-electron chi connectivity index (χ2n) is 4.46. The summed E-state index contributed by atoms with van der Waals surface area (Å²) in [7, 11) is 0. The van der Waals surface area contributed by atoms with Crippen LogP contribution in [0, 0.1) is 0 Å². The monoisotopic (exact) mass is 262 g/mol. The first-order chi connectivity index (χ1) is 8.99. The van der Waals surface area contributed by atoms with E-state index in [0.29, 0.717) is 24.1 Å². The number of hydrogen-bond donors (Lipinski definition) is 2. The Hall–Kier alpha value is -2.37. The largest absolute Gasteiger partial charge is 0.481 e. The molecule has 0 aromatic heterocycles. The van der Waals surface area contributed by atoms with Crippen LogP contribution in [0.1, 0.15) is 18.4 Å². The lowest BCUT2D eigenvalue weighted by atomic mass is 10.1. The number of rotatable bonds is 4. The molecule has 2 amide bonds. The van der Waals surface area contributed by atoms with Gasteiger partial charge in [0.05, 0.1) is 6.42 Å². The third kappa shape index (κ3) is 2.73. The van der Waals surface area contributed by atoms with E-state index in [-0.39, 0.29) is 12.3 Å². The molecule has 0 radical (unpaired) electrons. The third-order valence-electron chi connectivity index (χ3n) is 3.11. The summed E-state index contributed by atoms with van der Waals surface area (Å²) >= 11 is 0. The fourth-order valence-electron chi connectivity index (χ4n) is 2.23. The van der Waals surface area contributed by atoms with E-state index < -0.39 is 17.9 Å². The Balaban J connectivity index is 2.23. The van der Waals surface area contributed by atoms with Crippen LogP contribution in [-0.4, -0.2) is 28.9 Å². The van der Waals surface area contributed by atoms with Crippen molar-refractivity contribution in [3.63, 3.8) is 0 Å². The van der Waals surface area contributed by atoms with Crippen LogP contribution in [0.25, 0.3) is 0 Å². The van der Waals surface area contributed by atoms with E-state index in [4.69, 9.17) is 10.8 Å². The number of carboxylic acid groups (broad SMARTS) is 1. The average Bonchev–Trinajstić information content (AvgIpc) is 2.71.